The van der Waals surface area contributed by atoms with Gasteiger partial charge < -0.3 is 10.2 Å². The molecule has 5 heteroatoms. The average molecular weight is 276 g/mol. The van der Waals surface area contributed by atoms with E-state index in [0.717, 1.165) is 32.4 Å². The number of hydrogen-bond acceptors (Lipinski definition) is 4. The van der Waals surface area contributed by atoms with Crippen LogP contribution in [0.25, 0.3) is 0 Å². The van der Waals surface area contributed by atoms with Crippen molar-refractivity contribution >= 4 is 11.7 Å². The second-order valence-corrected chi connectivity index (χ2v) is 5.73. The van der Waals surface area contributed by atoms with Crippen molar-refractivity contribution in [2.75, 3.05) is 18.4 Å². The maximum absolute atomic E-state index is 12.5. The van der Waals surface area contributed by atoms with Crippen molar-refractivity contribution in [3.8, 4) is 0 Å². The van der Waals surface area contributed by atoms with Crippen molar-refractivity contribution in [1.29, 1.82) is 0 Å². The van der Waals surface area contributed by atoms with Gasteiger partial charge in [-0.3, -0.25) is 4.79 Å². The third-order valence-corrected chi connectivity index (χ3v) is 3.42. The van der Waals surface area contributed by atoms with Crippen molar-refractivity contribution in [3.63, 3.8) is 0 Å². The van der Waals surface area contributed by atoms with E-state index in [9.17, 15) is 4.79 Å². The fourth-order valence-corrected chi connectivity index (χ4v) is 2.09. The SMILES string of the molecule is CCNc1cnc(C(=O)N(CCC(C)C)C2CC2)cn1. The molecule has 110 valence electrons. The van der Waals surface area contributed by atoms with Gasteiger partial charge in [0, 0.05) is 19.1 Å². The van der Waals surface area contributed by atoms with Gasteiger partial charge in [-0.25, -0.2) is 9.97 Å². The van der Waals surface area contributed by atoms with Crippen LogP contribution in [-0.4, -0.2) is 39.9 Å². The Labute approximate surface area is 120 Å². The van der Waals surface area contributed by atoms with Crippen LogP contribution in [0.2, 0.25) is 0 Å². The van der Waals surface area contributed by atoms with Gasteiger partial charge in [0.25, 0.3) is 5.91 Å². The summed E-state index contributed by atoms with van der Waals surface area (Å²) in [6.45, 7) is 7.98. The summed E-state index contributed by atoms with van der Waals surface area (Å²) in [5.41, 5.74) is 0.447. The molecule has 2 rings (SSSR count). The van der Waals surface area contributed by atoms with Crippen LogP contribution in [0.1, 0.15) is 50.5 Å². The van der Waals surface area contributed by atoms with E-state index in [1.807, 2.05) is 11.8 Å². The zero-order valence-electron chi connectivity index (χ0n) is 12.6. The molecule has 1 heterocycles. The van der Waals surface area contributed by atoms with Crippen LogP contribution < -0.4 is 5.32 Å². The molecule has 0 saturated heterocycles. The van der Waals surface area contributed by atoms with Crippen molar-refractivity contribution in [3.05, 3.63) is 18.1 Å². The Kier molecular flexibility index (Phi) is 4.93. The van der Waals surface area contributed by atoms with E-state index in [-0.39, 0.29) is 5.91 Å². The van der Waals surface area contributed by atoms with E-state index in [2.05, 4.69) is 29.1 Å². The van der Waals surface area contributed by atoms with Crippen LogP contribution in [0.5, 0.6) is 0 Å². The third-order valence-electron chi connectivity index (χ3n) is 3.42. The second kappa shape index (κ2) is 6.68. The minimum absolute atomic E-state index is 0.0173. The minimum Gasteiger partial charge on any atom is -0.369 e. The smallest absolute Gasteiger partial charge is 0.274 e. The molecule has 0 bridgehead atoms. The Balaban J connectivity index is 2.02. The van der Waals surface area contributed by atoms with Crippen molar-refractivity contribution < 1.29 is 4.79 Å². The van der Waals surface area contributed by atoms with Crippen molar-refractivity contribution in [1.82, 2.24) is 14.9 Å². The number of nitrogens with zero attached hydrogens (tertiary/aromatic N) is 3. The van der Waals surface area contributed by atoms with E-state index in [1.165, 1.54) is 0 Å². The zero-order chi connectivity index (χ0) is 14.5. The monoisotopic (exact) mass is 276 g/mol. The Morgan fingerprint density at radius 3 is 2.65 bits per heavy atom. The number of rotatable bonds is 7. The van der Waals surface area contributed by atoms with Crippen molar-refractivity contribution in [2.24, 2.45) is 5.92 Å². The normalized spacial score (nSPS) is 14.4. The molecule has 1 aliphatic carbocycles. The molecule has 5 nitrogen and oxygen atoms in total. The predicted molar refractivity (Wildman–Crippen MR) is 79.7 cm³/mol. The van der Waals surface area contributed by atoms with Gasteiger partial charge in [0.15, 0.2) is 0 Å². The van der Waals surface area contributed by atoms with Gasteiger partial charge in [-0.1, -0.05) is 13.8 Å². The van der Waals surface area contributed by atoms with Crippen LogP contribution in [0, 0.1) is 5.92 Å². The molecule has 0 unspecified atom stereocenters. The number of carbonyl (C=O) groups excluding carboxylic acids is 1. The first-order valence-electron chi connectivity index (χ1n) is 7.48. The zero-order valence-corrected chi connectivity index (χ0v) is 12.6. The lowest BCUT2D eigenvalue weighted by atomic mass is 10.1. The van der Waals surface area contributed by atoms with Crippen LogP contribution >= 0.6 is 0 Å². The number of carbonyl (C=O) groups is 1. The molecule has 1 amide bonds. The molecule has 20 heavy (non-hydrogen) atoms. The highest BCUT2D eigenvalue weighted by Gasteiger charge is 2.33. The quantitative estimate of drug-likeness (QED) is 0.831. The lowest BCUT2D eigenvalue weighted by Gasteiger charge is -2.22. The number of amides is 1. The standard InChI is InChI=1S/C15H24N4O/c1-4-16-14-10-17-13(9-18-14)15(20)19(12-5-6-12)8-7-11(2)3/h9-12H,4-8H2,1-3H3,(H,16,18). The third kappa shape index (κ3) is 3.92. The highest BCUT2D eigenvalue weighted by atomic mass is 16.2. The molecule has 1 aliphatic rings. The summed E-state index contributed by atoms with van der Waals surface area (Å²) in [6, 6.07) is 0.413. The summed E-state index contributed by atoms with van der Waals surface area (Å²) in [5, 5.41) is 3.08. The van der Waals surface area contributed by atoms with Gasteiger partial charge in [-0.15, -0.1) is 0 Å². The first kappa shape index (κ1) is 14.8. The number of nitrogens with one attached hydrogen (secondary N) is 1. The molecule has 1 fully saturated rings. The Bertz CT molecular complexity index is 440. The predicted octanol–water partition coefficient (Wildman–Crippen LogP) is 2.56. The van der Waals surface area contributed by atoms with E-state index in [4.69, 9.17) is 0 Å². The van der Waals surface area contributed by atoms with E-state index in [0.29, 0.717) is 23.5 Å². The van der Waals surface area contributed by atoms with Gasteiger partial charge in [0.2, 0.25) is 0 Å². The largest absolute Gasteiger partial charge is 0.369 e. The lowest BCUT2D eigenvalue weighted by molar-refractivity contribution is 0.0729. The summed E-state index contributed by atoms with van der Waals surface area (Å²) in [5.74, 6) is 1.33. The topological polar surface area (TPSA) is 58.1 Å². The summed E-state index contributed by atoms with van der Waals surface area (Å²) in [4.78, 5) is 22.9. The first-order chi connectivity index (χ1) is 9.61. The molecule has 0 atom stereocenters. The first-order valence-corrected chi connectivity index (χ1v) is 7.48. The molecule has 1 aromatic rings. The van der Waals surface area contributed by atoms with Gasteiger partial charge in [-0.05, 0) is 32.1 Å². The number of hydrogen-bond donors (Lipinski definition) is 1. The molecular weight excluding hydrogens is 252 g/mol. The number of aromatic nitrogens is 2. The van der Waals surface area contributed by atoms with Gasteiger partial charge in [-0.2, -0.15) is 0 Å². The van der Waals surface area contributed by atoms with Gasteiger partial charge >= 0.3 is 0 Å². The molecule has 1 saturated carbocycles. The molecule has 1 N–H and O–H groups in total. The van der Waals surface area contributed by atoms with Crippen LogP contribution in [-0.2, 0) is 0 Å². The Morgan fingerprint density at radius 1 is 1.40 bits per heavy atom. The van der Waals surface area contributed by atoms with E-state index >= 15 is 0 Å². The minimum atomic E-state index is 0.0173. The molecule has 0 spiro atoms. The fourth-order valence-electron chi connectivity index (χ4n) is 2.09. The maximum atomic E-state index is 12.5. The molecule has 0 radical (unpaired) electrons. The molecule has 0 aromatic carbocycles. The summed E-state index contributed by atoms with van der Waals surface area (Å²) in [7, 11) is 0. The second-order valence-electron chi connectivity index (χ2n) is 5.73. The Morgan fingerprint density at radius 2 is 2.15 bits per heavy atom. The Hall–Kier alpha value is -1.65. The highest BCUT2D eigenvalue weighted by molar-refractivity contribution is 5.92. The summed E-state index contributed by atoms with van der Waals surface area (Å²) >= 11 is 0. The molecule has 0 aliphatic heterocycles. The van der Waals surface area contributed by atoms with Gasteiger partial charge in [0.1, 0.15) is 11.5 Å². The van der Waals surface area contributed by atoms with E-state index < -0.39 is 0 Å². The van der Waals surface area contributed by atoms with Crippen molar-refractivity contribution in [2.45, 2.75) is 46.1 Å². The summed E-state index contributed by atoms with van der Waals surface area (Å²) in [6.07, 6.45) is 6.47. The van der Waals surface area contributed by atoms with Crippen LogP contribution in [0.3, 0.4) is 0 Å². The molecular formula is C15H24N4O. The summed E-state index contributed by atoms with van der Waals surface area (Å²) < 4.78 is 0. The average Bonchev–Trinajstić information content (AvgIpc) is 3.24. The fraction of sp³-hybridized carbons (Fsp3) is 0.667. The lowest BCUT2D eigenvalue weighted by Crippen LogP contribution is -2.35. The van der Waals surface area contributed by atoms with Gasteiger partial charge in [0.05, 0.1) is 12.4 Å². The number of anilines is 1. The highest BCUT2D eigenvalue weighted by Crippen LogP contribution is 2.28. The van der Waals surface area contributed by atoms with Crippen LogP contribution in [0.4, 0.5) is 5.82 Å². The molecule has 1 aromatic heterocycles. The van der Waals surface area contributed by atoms with E-state index in [1.54, 1.807) is 12.4 Å². The maximum Gasteiger partial charge on any atom is 0.274 e. The van der Waals surface area contributed by atoms with Crippen LogP contribution in [0.15, 0.2) is 12.4 Å².